The highest BCUT2D eigenvalue weighted by molar-refractivity contribution is 5.75. The fraction of sp³-hybridized carbons (Fsp3) is 0.300. The van der Waals surface area contributed by atoms with Crippen LogP contribution in [-0.4, -0.2) is 12.4 Å². The Balaban J connectivity index is 2.92. The van der Waals surface area contributed by atoms with Gasteiger partial charge in [0.15, 0.2) is 6.29 Å². The maximum atomic E-state index is 12.8. The molecule has 3 heteroatoms. The number of ether oxygens (including phenoxy) is 1. The zero-order chi connectivity index (χ0) is 9.84. The van der Waals surface area contributed by atoms with Gasteiger partial charge in [0.05, 0.1) is 11.7 Å². The quantitative estimate of drug-likeness (QED) is 0.671. The van der Waals surface area contributed by atoms with Crippen LogP contribution in [0.15, 0.2) is 18.2 Å². The molecular weight excluding hydrogens is 171 g/mol. The van der Waals surface area contributed by atoms with E-state index < -0.39 is 5.82 Å². The zero-order valence-corrected chi connectivity index (χ0v) is 7.58. The van der Waals surface area contributed by atoms with Gasteiger partial charge in [0, 0.05) is 0 Å². The van der Waals surface area contributed by atoms with Crippen molar-refractivity contribution >= 4 is 6.29 Å². The molecule has 70 valence electrons. The first-order valence-electron chi connectivity index (χ1n) is 4.05. The van der Waals surface area contributed by atoms with Gasteiger partial charge in [0.25, 0.3) is 0 Å². The van der Waals surface area contributed by atoms with E-state index >= 15 is 0 Å². The van der Waals surface area contributed by atoms with E-state index in [2.05, 4.69) is 0 Å². The lowest BCUT2D eigenvalue weighted by atomic mass is 10.2. The number of rotatable bonds is 3. The molecule has 0 aromatic heterocycles. The maximum absolute atomic E-state index is 12.8. The number of benzene rings is 1. The number of hydrogen-bond acceptors (Lipinski definition) is 2. The molecule has 0 radical (unpaired) electrons. The first kappa shape index (κ1) is 9.71. The third-order valence-corrected chi connectivity index (χ3v) is 1.47. The summed E-state index contributed by atoms with van der Waals surface area (Å²) in [6, 6.07) is 4.12. The molecule has 0 bridgehead atoms. The number of aldehydes is 1. The molecule has 1 aromatic carbocycles. The van der Waals surface area contributed by atoms with Gasteiger partial charge in [-0.15, -0.1) is 0 Å². The average Bonchev–Trinajstić information content (AvgIpc) is 2.07. The Morgan fingerprint density at radius 1 is 1.46 bits per heavy atom. The van der Waals surface area contributed by atoms with Crippen LogP contribution in [0, 0.1) is 5.82 Å². The number of carbonyl (C=O) groups is 1. The van der Waals surface area contributed by atoms with Crippen molar-refractivity contribution < 1.29 is 13.9 Å². The highest BCUT2D eigenvalue weighted by Crippen LogP contribution is 2.16. The van der Waals surface area contributed by atoms with Gasteiger partial charge in [-0.2, -0.15) is 0 Å². The number of halogens is 1. The van der Waals surface area contributed by atoms with Crippen LogP contribution in [-0.2, 0) is 0 Å². The van der Waals surface area contributed by atoms with Gasteiger partial charge in [-0.05, 0) is 32.0 Å². The van der Waals surface area contributed by atoms with E-state index in [9.17, 15) is 9.18 Å². The van der Waals surface area contributed by atoms with Gasteiger partial charge in [-0.3, -0.25) is 4.79 Å². The summed E-state index contributed by atoms with van der Waals surface area (Å²) in [5.41, 5.74) is 0.0261. The Kier molecular flexibility index (Phi) is 3.01. The molecule has 0 amide bonds. The summed E-state index contributed by atoms with van der Waals surface area (Å²) in [5.74, 6) is -0.00962. The molecule has 1 rings (SSSR count). The van der Waals surface area contributed by atoms with Gasteiger partial charge < -0.3 is 4.74 Å². The Hall–Kier alpha value is -1.38. The molecule has 0 spiro atoms. The van der Waals surface area contributed by atoms with Crippen LogP contribution >= 0.6 is 0 Å². The van der Waals surface area contributed by atoms with E-state index in [1.807, 2.05) is 13.8 Å². The fourth-order valence-corrected chi connectivity index (χ4v) is 0.958. The summed E-state index contributed by atoms with van der Waals surface area (Å²) in [7, 11) is 0. The molecule has 0 unspecified atom stereocenters. The number of hydrogen-bond donors (Lipinski definition) is 0. The SMILES string of the molecule is CC(C)Oc1ccc(F)c(C=O)c1. The van der Waals surface area contributed by atoms with E-state index in [0.717, 1.165) is 0 Å². The third-order valence-electron chi connectivity index (χ3n) is 1.47. The van der Waals surface area contributed by atoms with Gasteiger partial charge in [0.1, 0.15) is 11.6 Å². The fourth-order valence-electron chi connectivity index (χ4n) is 0.958. The van der Waals surface area contributed by atoms with E-state index in [0.29, 0.717) is 12.0 Å². The van der Waals surface area contributed by atoms with Gasteiger partial charge in [0.2, 0.25) is 0 Å². The Bertz CT molecular complexity index is 308. The summed E-state index contributed by atoms with van der Waals surface area (Å²) in [5, 5.41) is 0. The Morgan fingerprint density at radius 2 is 2.15 bits per heavy atom. The van der Waals surface area contributed by atoms with Crippen molar-refractivity contribution in [1.82, 2.24) is 0 Å². The molecule has 0 aliphatic rings. The second-order valence-electron chi connectivity index (χ2n) is 2.97. The topological polar surface area (TPSA) is 26.3 Å². The highest BCUT2D eigenvalue weighted by atomic mass is 19.1. The molecule has 0 aliphatic carbocycles. The normalized spacial score (nSPS) is 10.2. The van der Waals surface area contributed by atoms with Gasteiger partial charge >= 0.3 is 0 Å². The van der Waals surface area contributed by atoms with Crippen LogP contribution in [0.4, 0.5) is 4.39 Å². The number of carbonyl (C=O) groups excluding carboxylic acids is 1. The van der Waals surface area contributed by atoms with E-state index in [4.69, 9.17) is 4.74 Å². The van der Waals surface area contributed by atoms with Crippen molar-refractivity contribution in [2.24, 2.45) is 0 Å². The lowest BCUT2D eigenvalue weighted by molar-refractivity contribution is 0.111. The van der Waals surface area contributed by atoms with Crippen molar-refractivity contribution in [3.63, 3.8) is 0 Å². The van der Waals surface area contributed by atoms with Crippen LogP contribution in [0.5, 0.6) is 5.75 Å². The summed E-state index contributed by atoms with van der Waals surface area (Å²) < 4.78 is 18.1. The summed E-state index contributed by atoms with van der Waals surface area (Å²) in [6.45, 7) is 3.73. The molecule has 0 aliphatic heterocycles. The molecule has 0 saturated carbocycles. The van der Waals surface area contributed by atoms with Crippen molar-refractivity contribution in [2.45, 2.75) is 20.0 Å². The predicted molar refractivity (Wildman–Crippen MR) is 47.6 cm³/mol. The second-order valence-corrected chi connectivity index (χ2v) is 2.97. The molecular formula is C10H11FO2. The summed E-state index contributed by atoms with van der Waals surface area (Å²) >= 11 is 0. The smallest absolute Gasteiger partial charge is 0.153 e. The minimum atomic E-state index is -0.522. The van der Waals surface area contributed by atoms with Gasteiger partial charge in [-0.25, -0.2) is 4.39 Å². The average molecular weight is 182 g/mol. The van der Waals surface area contributed by atoms with E-state index in [1.165, 1.54) is 18.2 Å². The van der Waals surface area contributed by atoms with Crippen molar-refractivity contribution in [2.75, 3.05) is 0 Å². The molecule has 1 aromatic rings. The predicted octanol–water partition coefficient (Wildman–Crippen LogP) is 2.43. The van der Waals surface area contributed by atoms with Crippen molar-refractivity contribution in [1.29, 1.82) is 0 Å². The molecule has 0 saturated heterocycles. The Morgan fingerprint density at radius 3 is 2.69 bits per heavy atom. The van der Waals surface area contributed by atoms with Crippen molar-refractivity contribution in [3.05, 3.63) is 29.6 Å². The maximum Gasteiger partial charge on any atom is 0.153 e. The standard InChI is InChI=1S/C10H11FO2/c1-7(2)13-9-3-4-10(11)8(5-9)6-12/h3-7H,1-2H3. The van der Waals surface area contributed by atoms with Crippen LogP contribution in [0.3, 0.4) is 0 Å². The monoisotopic (exact) mass is 182 g/mol. The second kappa shape index (κ2) is 4.03. The van der Waals surface area contributed by atoms with Crippen LogP contribution in [0.1, 0.15) is 24.2 Å². The summed E-state index contributed by atoms with van der Waals surface area (Å²) in [6.07, 6.45) is 0.493. The van der Waals surface area contributed by atoms with Gasteiger partial charge in [-0.1, -0.05) is 0 Å². The summed E-state index contributed by atoms with van der Waals surface area (Å²) in [4.78, 5) is 10.4. The van der Waals surface area contributed by atoms with Crippen molar-refractivity contribution in [3.8, 4) is 5.75 Å². The first-order valence-corrected chi connectivity index (χ1v) is 4.05. The first-order chi connectivity index (χ1) is 6.13. The third kappa shape index (κ3) is 2.54. The minimum Gasteiger partial charge on any atom is -0.491 e. The largest absolute Gasteiger partial charge is 0.491 e. The molecule has 2 nitrogen and oxygen atoms in total. The van der Waals surface area contributed by atoms with Crippen LogP contribution in [0.25, 0.3) is 0 Å². The minimum absolute atomic E-state index is 0.0185. The lowest BCUT2D eigenvalue weighted by Crippen LogP contribution is -2.05. The van der Waals surface area contributed by atoms with Crippen LogP contribution in [0.2, 0.25) is 0 Å². The molecule has 0 N–H and O–H groups in total. The lowest BCUT2D eigenvalue weighted by Gasteiger charge is -2.09. The van der Waals surface area contributed by atoms with Crippen LogP contribution < -0.4 is 4.74 Å². The van der Waals surface area contributed by atoms with E-state index in [-0.39, 0.29) is 11.7 Å². The molecule has 0 fully saturated rings. The zero-order valence-electron chi connectivity index (χ0n) is 7.58. The molecule has 13 heavy (non-hydrogen) atoms. The highest BCUT2D eigenvalue weighted by Gasteiger charge is 2.03. The van der Waals surface area contributed by atoms with E-state index in [1.54, 1.807) is 0 Å². The Labute approximate surface area is 76.3 Å². The molecule has 0 heterocycles. The molecule has 0 atom stereocenters.